The van der Waals surface area contributed by atoms with Crippen LogP contribution in [0.5, 0.6) is 5.75 Å². The monoisotopic (exact) mass is 369 g/mol. The highest BCUT2D eigenvalue weighted by atomic mass is 79.9. The topological polar surface area (TPSA) is 55.4 Å². The molecule has 0 bridgehead atoms. The molecule has 0 atom stereocenters. The van der Waals surface area contributed by atoms with Crippen molar-refractivity contribution >= 4 is 31.6 Å². The summed E-state index contributed by atoms with van der Waals surface area (Å²) in [6.45, 7) is 4.17. The zero-order chi connectivity index (χ0) is 15.5. The first kappa shape index (κ1) is 15.9. The van der Waals surface area contributed by atoms with Gasteiger partial charge >= 0.3 is 0 Å². The summed E-state index contributed by atoms with van der Waals surface area (Å²) >= 11 is 3.29. The number of hydrogen-bond donors (Lipinski definition) is 1. The first-order valence-corrected chi connectivity index (χ1v) is 8.72. The van der Waals surface area contributed by atoms with Gasteiger partial charge in [-0.3, -0.25) is 4.72 Å². The fourth-order valence-corrected chi connectivity index (χ4v) is 3.72. The number of aryl methyl sites for hydroxylation is 1. The zero-order valence-electron chi connectivity index (χ0n) is 11.8. The van der Waals surface area contributed by atoms with Gasteiger partial charge < -0.3 is 4.74 Å². The molecule has 0 radical (unpaired) electrons. The highest BCUT2D eigenvalue weighted by Gasteiger charge is 2.17. The third kappa shape index (κ3) is 3.98. The second-order valence-corrected chi connectivity index (χ2v) is 7.04. The molecule has 4 nitrogen and oxygen atoms in total. The van der Waals surface area contributed by atoms with Crippen molar-refractivity contribution in [3.63, 3.8) is 0 Å². The number of nitrogens with one attached hydrogen (secondary N) is 1. The van der Waals surface area contributed by atoms with Gasteiger partial charge in [0, 0.05) is 10.5 Å². The number of ether oxygens (including phenoxy) is 1. The Morgan fingerprint density at radius 1 is 1.19 bits per heavy atom. The van der Waals surface area contributed by atoms with E-state index in [1.807, 2.05) is 13.0 Å². The number of rotatable bonds is 5. The Balaban J connectivity index is 2.33. The van der Waals surface area contributed by atoms with Crippen LogP contribution in [-0.4, -0.2) is 15.0 Å². The van der Waals surface area contributed by atoms with E-state index >= 15 is 0 Å². The molecule has 2 aromatic carbocycles. The minimum absolute atomic E-state index is 0.249. The van der Waals surface area contributed by atoms with Crippen LogP contribution in [0.2, 0.25) is 0 Å². The molecule has 1 N–H and O–H groups in total. The highest BCUT2D eigenvalue weighted by Crippen LogP contribution is 2.24. The third-order valence-corrected chi connectivity index (χ3v) is 4.85. The smallest absolute Gasteiger partial charge is 0.262 e. The molecule has 6 heteroatoms. The molecule has 0 aliphatic heterocycles. The van der Waals surface area contributed by atoms with Crippen molar-refractivity contribution in [2.45, 2.75) is 18.7 Å². The Morgan fingerprint density at radius 2 is 1.95 bits per heavy atom. The van der Waals surface area contributed by atoms with E-state index in [-0.39, 0.29) is 4.90 Å². The van der Waals surface area contributed by atoms with Gasteiger partial charge in [-0.25, -0.2) is 8.42 Å². The molecule has 0 amide bonds. The van der Waals surface area contributed by atoms with Gasteiger partial charge in [-0.1, -0.05) is 28.1 Å². The van der Waals surface area contributed by atoms with Crippen molar-refractivity contribution in [2.24, 2.45) is 0 Å². The maximum Gasteiger partial charge on any atom is 0.262 e. The molecule has 2 aromatic rings. The Bertz CT molecular complexity index is 744. The van der Waals surface area contributed by atoms with Crippen LogP contribution in [0.1, 0.15) is 12.5 Å². The van der Waals surface area contributed by atoms with Crippen LogP contribution in [0.25, 0.3) is 0 Å². The van der Waals surface area contributed by atoms with Gasteiger partial charge in [0.05, 0.1) is 17.2 Å². The van der Waals surface area contributed by atoms with Gasteiger partial charge in [-0.05, 0) is 43.7 Å². The summed E-state index contributed by atoms with van der Waals surface area (Å²) in [7, 11) is -3.63. The van der Waals surface area contributed by atoms with Crippen LogP contribution in [0.3, 0.4) is 0 Å². The minimum atomic E-state index is -3.63. The molecule has 0 aromatic heterocycles. The van der Waals surface area contributed by atoms with Crippen molar-refractivity contribution in [1.29, 1.82) is 0 Å². The van der Waals surface area contributed by atoms with E-state index in [9.17, 15) is 8.42 Å². The van der Waals surface area contributed by atoms with Crippen LogP contribution < -0.4 is 9.46 Å². The first-order valence-electron chi connectivity index (χ1n) is 6.44. The second kappa shape index (κ2) is 6.49. The second-order valence-electron chi connectivity index (χ2n) is 4.48. The minimum Gasteiger partial charge on any atom is -0.494 e. The molecule has 0 saturated heterocycles. The van der Waals surface area contributed by atoms with Crippen molar-refractivity contribution < 1.29 is 13.2 Å². The normalized spacial score (nSPS) is 11.2. The molecule has 0 spiro atoms. The lowest BCUT2D eigenvalue weighted by Gasteiger charge is -2.12. The fraction of sp³-hybridized carbons (Fsp3) is 0.200. The molecule has 0 fully saturated rings. The summed E-state index contributed by atoms with van der Waals surface area (Å²) in [5, 5.41) is 0. The van der Waals surface area contributed by atoms with E-state index in [4.69, 9.17) is 4.74 Å². The SMILES string of the molecule is CCOc1cccc(NS(=O)(=O)c2cc(Br)ccc2C)c1. The number of sulfonamides is 1. The Kier molecular flexibility index (Phi) is 4.90. The quantitative estimate of drug-likeness (QED) is 0.867. The van der Waals surface area contributed by atoms with Gasteiger partial charge in [0.1, 0.15) is 5.75 Å². The summed E-state index contributed by atoms with van der Waals surface area (Å²) in [6.07, 6.45) is 0. The Labute approximate surface area is 133 Å². The molecule has 112 valence electrons. The van der Waals surface area contributed by atoms with Crippen LogP contribution in [-0.2, 0) is 10.0 Å². The number of hydrogen-bond acceptors (Lipinski definition) is 3. The Morgan fingerprint density at radius 3 is 2.67 bits per heavy atom. The summed E-state index contributed by atoms with van der Waals surface area (Å²) in [5.74, 6) is 0.628. The molecule has 0 aliphatic rings. The molecule has 21 heavy (non-hydrogen) atoms. The van der Waals surface area contributed by atoms with E-state index in [1.165, 1.54) is 0 Å². The molecular weight excluding hydrogens is 354 g/mol. The lowest BCUT2D eigenvalue weighted by atomic mass is 10.2. The van der Waals surface area contributed by atoms with Gasteiger partial charge in [0.2, 0.25) is 0 Å². The fourth-order valence-electron chi connectivity index (χ4n) is 1.89. The summed E-state index contributed by atoms with van der Waals surface area (Å²) in [6, 6.07) is 12.0. The lowest BCUT2D eigenvalue weighted by molar-refractivity contribution is 0.340. The Hall–Kier alpha value is -1.53. The van der Waals surface area contributed by atoms with Gasteiger partial charge in [0.25, 0.3) is 10.0 Å². The molecule has 0 heterocycles. The average Bonchev–Trinajstić information content (AvgIpc) is 2.42. The van der Waals surface area contributed by atoms with E-state index < -0.39 is 10.0 Å². The molecule has 2 rings (SSSR count). The van der Waals surface area contributed by atoms with Crippen LogP contribution in [0, 0.1) is 6.92 Å². The van der Waals surface area contributed by atoms with Gasteiger partial charge in [-0.15, -0.1) is 0 Å². The van der Waals surface area contributed by atoms with Crippen molar-refractivity contribution in [3.8, 4) is 5.75 Å². The van der Waals surface area contributed by atoms with E-state index in [0.717, 1.165) is 4.47 Å². The standard InChI is InChI=1S/C15H16BrNO3S/c1-3-20-14-6-4-5-13(10-14)17-21(18,19)15-9-12(16)8-7-11(15)2/h4-10,17H,3H2,1-2H3. The highest BCUT2D eigenvalue weighted by molar-refractivity contribution is 9.10. The largest absolute Gasteiger partial charge is 0.494 e. The van der Waals surface area contributed by atoms with Crippen molar-refractivity contribution in [1.82, 2.24) is 0 Å². The van der Waals surface area contributed by atoms with Crippen molar-refractivity contribution in [3.05, 3.63) is 52.5 Å². The number of anilines is 1. The summed E-state index contributed by atoms with van der Waals surface area (Å²) in [4.78, 5) is 0.249. The first-order chi connectivity index (χ1) is 9.92. The summed E-state index contributed by atoms with van der Waals surface area (Å²) < 4.78 is 33.6. The molecule has 0 aliphatic carbocycles. The lowest BCUT2D eigenvalue weighted by Crippen LogP contribution is -2.14. The zero-order valence-corrected chi connectivity index (χ0v) is 14.2. The van der Waals surface area contributed by atoms with Crippen LogP contribution in [0.4, 0.5) is 5.69 Å². The number of halogens is 1. The average molecular weight is 370 g/mol. The summed E-state index contributed by atoms with van der Waals surface area (Å²) in [5.41, 5.74) is 1.16. The maximum atomic E-state index is 12.5. The predicted molar refractivity (Wildman–Crippen MR) is 87.3 cm³/mol. The van der Waals surface area contributed by atoms with Gasteiger partial charge in [0.15, 0.2) is 0 Å². The maximum absolute atomic E-state index is 12.5. The number of benzene rings is 2. The van der Waals surface area contributed by atoms with E-state index in [0.29, 0.717) is 23.6 Å². The van der Waals surface area contributed by atoms with E-state index in [2.05, 4.69) is 20.7 Å². The van der Waals surface area contributed by atoms with Crippen LogP contribution in [0.15, 0.2) is 51.8 Å². The molecular formula is C15H16BrNO3S. The predicted octanol–water partition coefficient (Wildman–Crippen LogP) is 3.96. The third-order valence-electron chi connectivity index (χ3n) is 2.84. The molecule has 0 unspecified atom stereocenters. The van der Waals surface area contributed by atoms with Crippen LogP contribution >= 0.6 is 15.9 Å². The van der Waals surface area contributed by atoms with Gasteiger partial charge in [-0.2, -0.15) is 0 Å². The van der Waals surface area contributed by atoms with E-state index in [1.54, 1.807) is 43.3 Å². The van der Waals surface area contributed by atoms with Crippen molar-refractivity contribution in [2.75, 3.05) is 11.3 Å². The molecule has 0 saturated carbocycles.